The number of rotatable bonds is 2. The molecule has 2 aliphatic rings. The predicted octanol–water partition coefficient (Wildman–Crippen LogP) is 2.28. The fourth-order valence-electron chi connectivity index (χ4n) is 4.06. The lowest BCUT2D eigenvalue weighted by Crippen LogP contribution is -2.47. The largest absolute Gasteiger partial charge is 0.467 e. The maximum absolute atomic E-state index is 13.1. The highest BCUT2D eigenvalue weighted by molar-refractivity contribution is 5.96. The van der Waals surface area contributed by atoms with Crippen LogP contribution >= 0.6 is 0 Å². The first-order valence-corrected chi connectivity index (χ1v) is 8.07. The van der Waals surface area contributed by atoms with Crippen LogP contribution in [0, 0.1) is 12.8 Å². The fraction of sp³-hybridized carbons (Fsp3) is 0.647. The van der Waals surface area contributed by atoms with Gasteiger partial charge in [0, 0.05) is 18.8 Å². The van der Waals surface area contributed by atoms with Gasteiger partial charge >= 0.3 is 5.97 Å². The molecule has 1 saturated heterocycles. The summed E-state index contributed by atoms with van der Waals surface area (Å²) in [7, 11) is 3.30. The summed E-state index contributed by atoms with van der Waals surface area (Å²) >= 11 is 0. The molecular formula is C17H24N2O3. The maximum Gasteiger partial charge on any atom is 0.328 e. The molecule has 1 aromatic rings. The van der Waals surface area contributed by atoms with Crippen molar-refractivity contribution in [3.8, 4) is 0 Å². The van der Waals surface area contributed by atoms with Gasteiger partial charge in [-0.15, -0.1) is 0 Å². The molecule has 1 aliphatic carbocycles. The lowest BCUT2D eigenvalue weighted by molar-refractivity contribution is -0.145. The minimum absolute atomic E-state index is 0.0413. The zero-order valence-corrected chi connectivity index (χ0v) is 13.5. The number of esters is 1. The number of likely N-dealkylation sites (tertiary alicyclic amines) is 1. The molecule has 0 radical (unpaired) electrons. The molecule has 0 bridgehead atoms. The summed E-state index contributed by atoms with van der Waals surface area (Å²) in [6.45, 7) is 1.97. The summed E-state index contributed by atoms with van der Waals surface area (Å²) in [6.07, 6.45) is 5.17. The zero-order valence-electron chi connectivity index (χ0n) is 13.5. The van der Waals surface area contributed by atoms with E-state index in [1.54, 1.807) is 0 Å². The second kappa shape index (κ2) is 5.78. The van der Waals surface area contributed by atoms with Gasteiger partial charge in [-0.05, 0) is 44.2 Å². The number of methoxy groups -OCH3 is 1. The van der Waals surface area contributed by atoms with Crippen LogP contribution in [0.25, 0.3) is 0 Å². The Morgan fingerprint density at radius 1 is 1.23 bits per heavy atom. The van der Waals surface area contributed by atoms with Crippen molar-refractivity contribution in [2.75, 3.05) is 7.11 Å². The van der Waals surface area contributed by atoms with Crippen molar-refractivity contribution in [2.24, 2.45) is 13.0 Å². The molecule has 3 rings (SSSR count). The van der Waals surface area contributed by atoms with Gasteiger partial charge in [-0.2, -0.15) is 0 Å². The molecule has 5 nitrogen and oxygen atoms in total. The number of aryl methyl sites for hydroxylation is 1. The Morgan fingerprint density at radius 2 is 1.95 bits per heavy atom. The van der Waals surface area contributed by atoms with E-state index in [1.807, 2.05) is 35.6 Å². The molecule has 22 heavy (non-hydrogen) atoms. The van der Waals surface area contributed by atoms with Crippen molar-refractivity contribution >= 4 is 11.9 Å². The van der Waals surface area contributed by atoms with Crippen molar-refractivity contribution in [3.05, 3.63) is 23.5 Å². The van der Waals surface area contributed by atoms with E-state index in [2.05, 4.69) is 0 Å². The lowest BCUT2D eigenvalue weighted by atomic mass is 9.84. The highest BCUT2D eigenvalue weighted by Gasteiger charge is 2.48. The lowest BCUT2D eigenvalue weighted by Gasteiger charge is -2.33. The fourth-order valence-corrected chi connectivity index (χ4v) is 4.06. The van der Waals surface area contributed by atoms with Crippen LogP contribution in [-0.4, -0.2) is 40.5 Å². The molecule has 3 atom stereocenters. The third-order valence-electron chi connectivity index (χ3n) is 5.39. The van der Waals surface area contributed by atoms with Gasteiger partial charge in [0.25, 0.3) is 5.91 Å². The maximum atomic E-state index is 13.1. The number of amides is 1. The first-order chi connectivity index (χ1) is 10.5. The molecule has 1 aromatic heterocycles. The number of ether oxygens (including phenoxy) is 1. The molecule has 2 fully saturated rings. The summed E-state index contributed by atoms with van der Waals surface area (Å²) in [5.41, 5.74) is 1.69. The van der Waals surface area contributed by atoms with Crippen molar-refractivity contribution in [1.29, 1.82) is 0 Å². The van der Waals surface area contributed by atoms with E-state index >= 15 is 0 Å². The van der Waals surface area contributed by atoms with E-state index in [-0.39, 0.29) is 17.9 Å². The van der Waals surface area contributed by atoms with Crippen LogP contribution in [0.1, 0.15) is 48.3 Å². The average molecular weight is 304 g/mol. The van der Waals surface area contributed by atoms with Gasteiger partial charge in [0.15, 0.2) is 0 Å². The topological polar surface area (TPSA) is 51.5 Å². The highest BCUT2D eigenvalue weighted by Crippen LogP contribution is 2.40. The van der Waals surface area contributed by atoms with E-state index in [1.165, 1.54) is 13.5 Å². The van der Waals surface area contributed by atoms with Gasteiger partial charge in [-0.1, -0.05) is 12.8 Å². The quantitative estimate of drug-likeness (QED) is 0.788. The second-order valence-corrected chi connectivity index (χ2v) is 6.52. The smallest absolute Gasteiger partial charge is 0.328 e. The van der Waals surface area contributed by atoms with Crippen LogP contribution in [0.3, 0.4) is 0 Å². The molecule has 2 heterocycles. The molecule has 120 valence electrons. The number of carbonyl (C=O) groups is 2. The standard InChI is InChI=1S/C17H24N2O3/c1-11-8-9-14(18(11)2)16(20)19-13-7-5-4-6-12(13)10-15(19)17(21)22-3/h8-9,12-13,15H,4-7,10H2,1-3H3. The molecule has 5 heteroatoms. The number of fused-ring (bicyclic) bond motifs is 1. The highest BCUT2D eigenvalue weighted by atomic mass is 16.5. The van der Waals surface area contributed by atoms with Crippen molar-refractivity contribution in [2.45, 2.75) is 51.1 Å². The number of aromatic nitrogens is 1. The van der Waals surface area contributed by atoms with Crippen LogP contribution in [0.15, 0.2) is 12.1 Å². The van der Waals surface area contributed by atoms with Crippen LogP contribution in [0.2, 0.25) is 0 Å². The number of hydrogen-bond donors (Lipinski definition) is 0. The van der Waals surface area contributed by atoms with Crippen LogP contribution in [0.4, 0.5) is 0 Å². The van der Waals surface area contributed by atoms with Gasteiger partial charge in [0.05, 0.1) is 7.11 Å². The molecular weight excluding hydrogens is 280 g/mol. The SMILES string of the molecule is COC(=O)C1CC2CCCCC2N1C(=O)c1ccc(C)n1C. The Morgan fingerprint density at radius 3 is 2.59 bits per heavy atom. The summed E-state index contributed by atoms with van der Waals surface area (Å²) in [6, 6.07) is 3.54. The van der Waals surface area contributed by atoms with Crippen molar-refractivity contribution in [1.82, 2.24) is 9.47 Å². The van der Waals surface area contributed by atoms with Crippen LogP contribution in [0.5, 0.6) is 0 Å². The average Bonchev–Trinajstić information content (AvgIpc) is 3.07. The number of hydrogen-bond acceptors (Lipinski definition) is 3. The zero-order chi connectivity index (χ0) is 15.9. The molecule has 0 spiro atoms. The minimum Gasteiger partial charge on any atom is -0.467 e. The number of nitrogens with zero attached hydrogens (tertiary/aromatic N) is 2. The third-order valence-corrected chi connectivity index (χ3v) is 5.39. The van der Waals surface area contributed by atoms with E-state index < -0.39 is 6.04 Å². The van der Waals surface area contributed by atoms with Gasteiger partial charge in [-0.3, -0.25) is 4.79 Å². The van der Waals surface area contributed by atoms with Crippen LogP contribution in [-0.2, 0) is 16.6 Å². The molecule has 1 amide bonds. The third kappa shape index (κ3) is 2.32. The predicted molar refractivity (Wildman–Crippen MR) is 82.5 cm³/mol. The van der Waals surface area contributed by atoms with Crippen molar-refractivity contribution < 1.29 is 14.3 Å². The van der Waals surface area contributed by atoms with Gasteiger partial charge in [-0.25, -0.2) is 4.79 Å². The summed E-state index contributed by atoms with van der Waals surface area (Å²) in [4.78, 5) is 27.0. The molecule has 0 aromatic carbocycles. The Labute approximate surface area is 131 Å². The molecule has 1 saturated carbocycles. The minimum atomic E-state index is -0.430. The Kier molecular flexibility index (Phi) is 3.98. The Balaban J connectivity index is 1.94. The molecule has 3 unspecified atom stereocenters. The van der Waals surface area contributed by atoms with Gasteiger partial charge < -0.3 is 14.2 Å². The van der Waals surface area contributed by atoms with E-state index in [4.69, 9.17) is 4.74 Å². The summed E-state index contributed by atoms with van der Waals surface area (Å²) in [5, 5.41) is 0. The van der Waals surface area contributed by atoms with Crippen LogP contribution < -0.4 is 0 Å². The van der Waals surface area contributed by atoms with Gasteiger partial charge in [0.1, 0.15) is 11.7 Å². The summed E-state index contributed by atoms with van der Waals surface area (Å²) < 4.78 is 6.85. The van der Waals surface area contributed by atoms with E-state index in [9.17, 15) is 9.59 Å². The van der Waals surface area contributed by atoms with E-state index in [0.29, 0.717) is 11.6 Å². The monoisotopic (exact) mass is 304 g/mol. The Hall–Kier alpha value is -1.78. The molecule has 0 N–H and O–H groups in total. The summed E-state index contributed by atoms with van der Waals surface area (Å²) in [5.74, 6) is 0.109. The first kappa shape index (κ1) is 15.1. The normalized spacial score (nSPS) is 27.6. The molecule has 1 aliphatic heterocycles. The first-order valence-electron chi connectivity index (χ1n) is 8.07. The van der Waals surface area contributed by atoms with Crippen molar-refractivity contribution in [3.63, 3.8) is 0 Å². The van der Waals surface area contributed by atoms with E-state index in [0.717, 1.165) is 31.4 Å². The second-order valence-electron chi connectivity index (χ2n) is 6.52. The number of carbonyl (C=O) groups excluding carboxylic acids is 2. The Bertz CT molecular complexity index is 593. The van der Waals surface area contributed by atoms with Gasteiger partial charge in [0.2, 0.25) is 0 Å².